The summed E-state index contributed by atoms with van der Waals surface area (Å²) in [5.41, 5.74) is 2.37. The normalized spacial score (nSPS) is 9.20. The van der Waals surface area contributed by atoms with Crippen LogP contribution in [0.15, 0.2) is 55.1 Å². The molecule has 3 heteroatoms. The summed E-state index contributed by atoms with van der Waals surface area (Å²) in [5, 5.41) is 17.8. The Hall–Kier alpha value is -1.58. The minimum absolute atomic E-state index is 0.478. The van der Waals surface area contributed by atoms with Gasteiger partial charge in [-0.25, -0.2) is 0 Å². The Bertz CT molecular complexity index is 367. The maximum Gasteiger partial charge on any atom is 0.488 e. The van der Waals surface area contributed by atoms with Gasteiger partial charge in [0.1, 0.15) is 0 Å². The van der Waals surface area contributed by atoms with E-state index in [0.29, 0.717) is 5.46 Å². The highest BCUT2D eigenvalue weighted by atomic mass is 16.4. The van der Waals surface area contributed by atoms with Crippen LogP contribution < -0.4 is 5.46 Å². The van der Waals surface area contributed by atoms with E-state index in [-0.39, 0.29) is 0 Å². The highest BCUT2D eigenvalue weighted by molar-refractivity contribution is 6.58. The molecular formula is C12H13BO2. The van der Waals surface area contributed by atoms with Gasteiger partial charge >= 0.3 is 7.12 Å². The minimum Gasteiger partial charge on any atom is -0.423 e. The van der Waals surface area contributed by atoms with Crippen molar-refractivity contribution in [1.29, 1.82) is 0 Å². The molecule has 2 N–H and O–H groups in total. The lowest BCUT2D eigenvalue weighted by atomic mass is 9.80. The van der Waals surface area contributed by atoms with Crippen molar-refractivity contribution < 1.29 is 10.0 Å². The van der Waals surface area contributed by atoms with E-state index in [1.54, 1.807) is 24.3 Å². The molecule has 0 heterocycles. The molecule has 0 aliphatic heterocycles. The topological polar surface area (TPSA) is 40.5 Å². The van der Waals surface area contributed by atoms with Crippen LogP contribution in [0.3, 0.4) is 0 Å². The molecule has 0 atom stereocenters. The van der Waals surface area contributed by atoms with Crippen LogP contribution in [0.2, 0.25) is 0 Å². The van der Waals surface area contributed by atoms with Crippen molar-refractivity contribution >= 4 is 18.7 Å². The monoisotopic (exact) mass is 200 g/mol. The van der Waals surface area contributed by atoms with Gasteiger partial charge in [0.15, 0.2) is 0 Å². The van der Waals surface area contributed by atoms with Gasteiger partial charge in [-0.1, -0.05) is 49.6 Å². The standard InChI is InChI=1S/C12H13BO2/c1-3-10(4-2)9-11-5-7-12(8-6-11)13(14)15/h3-9,14-15H,1-2H2. The molecule has 0 aromatic heterocycles. The summed E-state index contributed by atoms with van der Waals surface area (Å²) < 4.78 is 0. The Morgan fingerprint density at radius 2 is 1.60 bits per heavy atom. The molecule has 0 bridgehead atoms. The first-order valence-electron chi connectivity index (χ1n) is 4.60. The number of hydrogen-bond acceptors (Lipinski definition) is 2. The zero-order valence-corrected chi connectivity index (χ0v) is 8.43. The van der Waals surface area contributed by atoms with Crippen molar-refractivity contribution in [2.75, 3.05) is 0 Å². The summed E-state index contributed by atoms with van der Waals surface area (Å²) in [4.78, 5) is 0. The van der Waals surface area contributed by atoms with Gasteiger partial charge in [-0.3, -0.25) is 0 Å². The second-order valence-electron chi connectivity index (χ2n) is 3.09. The molecule has 0 amide bonds. The predicted molar refractivity (Wildman–Crippen MR) is 64.6 cm³/mol. The average Bonchev–Trinajstić information content (AvgIpc) is 2.26. The van der Waals surface area contributed by atoms with Crippen molar-refractivity contribution in [2.45, 2.75) is 0 Å². The van der Waals surface area contributed by atoms with Gasteiger partial charge in [-0.05, 0) is 22.7 Å². The van der Waals surface area contributed by atoms with Crippen molar-refractivity contribution in [1.82, 2.24) is 0 Å². The third-order valence-corrected chi connectivity index (χ3v) is 2.04. The van der Waals surface area contributed by atoms with E-state index in [9.17, 15) is 0 Å². The second-order valence-corrected chi connectivity index (χ2v) is 3.09. The lowest BCUT2D eigenvalue weighted by molar-refractivity contribution is 0.426. The molecule has 0 radical (unpaired) electrons. The summed E-state index contributed by atoms with van der Waals surface area (Å²) >= 11 is 0. The van der Waals surface area contributed by atoms with Crippen LogP contribution >= 0.6 is 0 Å². The molecule has 0 saturated carbocycles. The Labute approximate surface area is 90.0 Å². The van der Waals surface area contributed by atoms with Crippen LogP contribution in [0, 0.1) is 0 Å². The zero-order chi connectivity index (χ0) is 11.3. The van der Waals surface area contributed by atoms with E-state index >= 15 is 0 Å². The van der Waals surface area contributed by atoms with E-state index in [4.69, 9.17) is 10.0 Å². The van der Waals surface area contributed by atoms with Gasteiger partial charge in [-0.15, -0.1) is 0 Å². The molecule has 1 aromatic rings. The Morgan fingerprint density at radius 3 is 2.00 bits per heavy atom. The first-order chi connectivity index (χ1) is 7.17. The van der Waals surface area contributed by atoms with Gasteiger partial charge in [0.25, 0.3) is 0 Å². The van der Waals surface area contributed by atoms with Crippen molar-refractivity contribution in [3.05, 3.63) is 60.7 Å². The first kappa shape index (κ1) is 11.5. The molecule has 0 spiro atoms. The summed E-state index contributed by atoms with van der Waals surface area (Å²) in [7, 11) is -1.42. The maximum atomic E-state index is 8.90. The van der Waals surface area contributed by atoms with E-state index in [0.717, 1.165) is 11.1 Å². The molecule has 0 unspecified atom stereocenters. The average molecular weight is 200 g/mol. The highest BCUT2D eigenvalue weighted by Gasteiger charge is 2.08. The summed E-state index contributed by atoms with van der Waals surface area (Å²) in [5.74, 6) is 0. The van der Waals surface area contributed by atoms with Crippen LogP contribution in [0.25, 0.3) is 6.08 Å². The van der Waals surface area contributed by atoms with E-state index in [1.807, 2.05) is 18.2 Å². The Balaban J connectivity index is 2.94. The van der Waals surface area contributed by atoms with E-state index in [1.165, 1.54) is 0 Å². The van der Waals surface area contributed by atoms with Crippen molar-refractivity contribution in [3.63, 3.8) is 0 Å². The molecule has 0 saturated heterocycles. The first-order valence-corrected chi connectivity index (χ1v) is 4.60. The second kappa shape index (κ2) is 5.34. The third-order valence-electron chi connectivity index (χ3n) is 2.04. The quantitative estimate of drug-likeness (QED) is 0.564. The van der Waals surface area contributed by atoms with Gasteiger partial charge in [0, 0.05) is 0 Å². The van der Waals surface area contributed by atoms with Crippen LogP contribution in [0.4, 0.5) is 0 Å². The lowest BCUT2D eigenvalue weighted by Gasteiger charge is -2.00. The highest BCUT2D eigenvalue weighted by Crippen LogP contribution is 2.07. The lowest BCUT2D eigenvalue weighted by Crippen LogP contribution is -2.29. The third kappa shape index (κ3) is 3.24. The molecule has 0 fully saturated rings. The van der Waals surface area contributed by atoms with Gasteiger partial charge < -0.3 is 10.0 Å². The van der Waals surface area contributed by atoms with Gasteiger partial charge in [-0.2, -0.15) is 0 Å². The molecule has 2 nitrogen and oxygen atoms in total. The largest absolute Gasteiger partial charge is 0.488 e. The molecule has 76 valence electrons. The minimum atomic E-state index is -1.42. The summed E-state index contributed by atoms with van der Waals surface area (Å²) in [6.07, 6.45) is 5.33. The van der Waals surface area contributed by atoms with Gasteiger partial charge in [0.2, 0.25) is 0 Å². The smallest absolute Gasteiger partial charge is 0.423 e. The number of benzene rings is 1. The SMILES string of the molecule is C=CC(C=C)=Cc1ccc(B(O)O)cc1. The fourth-order valence-corrected chi connectivity index (χ4v) is 1.16. The summed E-state index contributed by atoms with van der Waals surface area (Å²) in [6.45, 7) is 7.31. The molecule has 1 rings (SSSR count). The Kier molecular flexibility index (Phi) is 4.09. The van der Waals surface area contributed by atoms with Crippen molar-refractivity contribution in [3.8, 4) is 0 Å². The molecule has 15 heavy (non-hydrogen) atoms. The molecular weight excluding hydrogens is 187 g/mol. The molecule has 0 aliphatic carbocycles. The van der Waals surface area contributed by atoms with Crippen LogP contribution in [-0.2, 0) is 0 Å². The fourth-order valence-electron chi connectivity index (χ4n) is 1.16. The number of rotatable bonds is 4. The fraction of sp³-hybridized carbons (Fsp3) is 0. The molecule has 0 aliphatic rings. The number of allylic oxidation sites excluding steroid dienone is 3. The zero-order valence-electron chi connectivity index (χ0n) is 8.43. The van der Waals surface area contributed by atoms with Gasteiger partial charge in [0.05, 0.1) is 0 Å². The number of hydrogen-bond donors (Lipinski definition) is 2. The summed E-state index contributed by atoms with van der Waals surface area (Å²) in [6, 6.07) is 6.95. The maximum absolute atomic E-state index is 8.90. The van der Waals surface area contributed by atoms with E-state index in [2.05, 4.69) is 13.2 Å². The van der Waals surface area contributed by atoms with Crippen LogP contribution in [0.5, 0.6) is 0 Å². The van der Waals surface area contributed by atoms with Crippen molar-refractivity contribution in [2.24, 2.45) is 0 Å². The predicted octanol–water partition coefficient (Wildman–Crippen LogP) is 1.12. The van der Waals surface area contributed by atoms with Crippen LogP contribution in [-0.4, -0.2) is 17.2 Å². The molecule has 1 aromatic carbocycles. The van der Waals surface area contributed by atoms with E-state index < -0.39 is 7.12 Å². The Morgan fingerprint density at radius 1 is 1.07 bits per heavy atom. The van der Waals surface area contributed by atoms with Crippen LogP contribution in [0.1, 0.15) is 5.56 Å².